The lowest BCUT2D eigenvalue weighted by atomic mass is 10.1. The lowest BCUT2D eigenvalue weighted by Gasteiger charge is -2.05. The summed E-state index contributed by atoms with van der Waals surface area (Å²) in [4.78, 5) is 16.1. The molecule has 2 aromatic rings. The summed E-state index contributed by atoms with van der Waals surface area (Å²) in [5, 5.41) is 0.846. The normalized spacial score (nSPS) is 10.5. The first-order valence-corrected chi connectivity index (χ1v) is 6.88. The molecular formula is C15H13Cl2NO2. The Bertz CT molecular complexity index is 588. The molecule has 3 nitrogen and oxygen atoms in total. The Morgan fingerprint density at radius 1 is 1.20 bits per heavy atom. The standard InChI is InChI=1S/C15H13Cl2NO2/c16-11-4-5-13(14(17)9-11)15(19)10-20-8-6-12-3-1-2-7-18-12/h1-5,7,9H,6,8,10H2. The second-order valence-corrected chi connectivity index (χ2v) is 5.01. The Balaban J connectivity index is 1.80. The van der Waals surface area contributed by atoms with Gasteiger partial charge in [-0.05, 0) is 30.3 Å². The number of nitrogens with zero attached hydrogens (tertiary/aromatic N) is 1. The van der Waals surface area contributed by atoms with Crippen LogP contribution in [0.2, 0.25) is 10.0 Å². The Hall–Kier alpha value is -1.42. The number of rotatable bonds is 6. The molecule has 0 aliphatic heterocycles. The SMILES string of the molecule is O=C(COCCc1ccccn1)c1ccc(Cl)cc1Cl. The average Bonchev–Trinajstić information content (AvgIpc) is 2.44. The molecule has 20 heavy (non-hydrogen) atoms. The van der Waals surface area contributed by atoms with Crippen molar-refractivity contribution in [3.63, 3.8) is 0 Å². The molecule has 0 bridgehead atoms. The minimum Gasteiger partial charge on any atom is -0.373 e. The quantitative estimate of drug-likeness (QED) is 0.601. The Morgan fingerprint density at radius 3 is 2.75 bits per heavy atom. The fraction of sp³-hybridized carbons (Fsp3) is 0.200. The maximum atomic E-state index is 11.9. The van der Waals surface area contributed by atoms with Gasteiger partial charge in [-0.3, -0.25) is 9.78 Å². The fourth-order valence-corrected chi connectivity index (χ4v) is 2.19. The number of Topliss-reactive ketones (excluding diaryl/α,β-unsaturated/α-hetero) is 1. The van der Waals surface area contributed by atoms with Crippen LogP contribution in [0.25, 0.3) is 0 Å². The summed E-state index contributed by atoms with van der Waals surface area (Å²) in [6.45, 7) is 0.433. The van der Waals surface area contributed by atoms with E-state index in [4.69, 9.17) is 27.9 Å². The van der Waals surface area contributed by atoms with E-state index in [0.717, 1.165) is 5.69 Å². The topological polar surface area (TPSA) is 39.2 Å². The van der Waals surface area contributed by atoms with Crippen LogP contribution in [0.4, 0.5) is 0 Å². The summed E-state index contributed by atoms with van der Waals surface area (Å²) in [5.74, 6) is -0.160. The summed E-state index contributed by atoms with van der Waals surface area (Å²) in [6.07, 6.45) is 2.40. The molecule has 5 heteroatoms. The maximum absolute atomic E-state index is 11.9. The van der Waals surface area contributed by atoms with Crippen molar-refractivity contribution in [2.45, 2.75) is 6.42 Å². The molecule has 1 aromatic heterocycles. The molecule has 0 N–H and O–H groups in total. The molecule has 1 aromatic carbocycles. The van der Waals surface area contributed by atoms with Crippen molar-refractivity contribution >= 4 is 29.0 Å². The predicted octanol–water partition coefficient (Wildman–Crippen LogP) is 3.83. The second kappa shape index (κ2) is 7.39. The van der Waals surface area contributed by atoms with Gasteiger partial charge in [-0.2, -0.15) is 0 Å². The zero-order chi connectivity index (χ0) is 14.4. The first-order valence-electron chi connectivity index (χ1n) is 6.13. The van der Waals surface area contributed by atoms with E-state index in [9.17, 15) is 4.79 Å². The minimum absolute atomic E-state index is 0.00577. The number of benzene rings is 1. The van der Waals surface area contributed by atoms with E-state index in [1.165, 1.54) is 0 Å². The van der Waals surface area contributed by atoms with Gasteiger partial charge in [0.1, 0.15) is 6.61 Å². The summed E-state index contributed by atoms with van der Waals surface area (Å²) < 4.78 is 5.36. The average molecular weight is 310 g/mol. The number of ether oxygens (including phenoxy) is 1. The van der Waals surface area contributed by atoms with Gasteiger partial charge in [0.15, 0.2) is 5.78 Å². The smallest absolute Gasteiger partial charge is 0.189 e. The molecule has 0 saturated heterocycles. The number of hydrogen-bond acceptors (Lipinski definition) is 3. The van der Waals surface area contributed by atoms with Crippen molar-refractivity contribution in [3.05, 3.63) is 63.9 Å². The lowest BCUT2D eigenvalue weighted by molar-refractivity contribution is 0.0764. The number of carbonyl (C=O) groups excluding carboxylic acids is 1. The first-order chi connectivity index (χ1) is 9.66. The Kier molecular flexibility index (Phi) is 5.53. The van der Waals surface area contributed by atoms with Crippen molar-refractivity contribution < 1.29 is 9.53 Å². The molecule has 0 saturated carbocycles. The maximum Gasteiger partial charge on any atom is 0.189 e. The number of halogens is 2. The van der Waals surface area contributed by atoms with Crippen LogP contribution in [0.5, 0.6) is 0 Å². The van der Waals surface area contributed by atoms with E-state index in [0.29, 0.717) is 28.6 Å². The predicted molar refractivity (Wildman–Crippen MR) is 79.6 cm³/mol. The minimum atomic E-state index is -0.160. The third-order valence-corrected chi connectivity index (χ3v) is 3.24. The molecule has 0 spiro atoms. The van der Waals surface area contributed by atoms with Gasteiger partial charge >= 0.3 is 0 Å². The van der Waals surface area contributed by atoms with Crippen molar-refractivity contribution in [1.29, 1.82) is 0 Å². The van der Waals surface area contributed by atoms with E-state index >= 15 is 0 Å². The summed E-state index contributed by atoms with van der Waals surface area (Å²) >= 11 is 11.7. The zero-order valence-corrected chi connectivity index (χ0v) is 12.2. The first kappa shape index (κ1) is 15.0. The number of ketones is 1. The van der Waals surface area contributed by atoms with Gasteiger partial charge in [0.05, 0.1) is 11.6 Å². The second-order valence-electron chi connectivity index (χ2n) is 4.17. The van der Waals surface area contributed by atoms with Crippen molar-refractivity contribution in [3.8, 4) is 0 Å². The number of aromatic nitrogens is 1. The van der Waals surface area contributed by atoms with Crippen LogP contribution in [0, 0.1) is 0 Å². The monoisotopic (exact) mass is 309 g/mol. The molecule has 0 radical (unpaired) electrons. The van der Waals surface area contributed by atoms with Crippen LogP contribution >= 0.6 is 23.2 Å². The molecule has 0 unspecified atom stereocenters. The summed E-state index contributed by atoms with van der Waals surface area (Å²) in [6, 6.07) is 10.5. The highest BCUT2D eigenvalue weighted by Gasteiger charge is 2.10. The van der Waals surface area contributed by atoms with Gasteiger partial charge in [0.25, 0.3) is 0 Å². The number of hydrogen-bond donors (Lipinski definition) is 0. The van der Waals surface area contributed by atoms with Gasteiger partial charge in [-0.15, -0.1) is 0 Å². The Morgan fingerprint density at radius 2 is 2.05 bits per heavy atom. The van der Waals surface area contributed by atoms with Gasteiger partial charge in [-0.25, -0.2) is 0 Å². The molecule has 1 heterocycles. The summed E-state index contributed by atoms with van der Waals surface area (Å²) in [7, 11) is 0. The number of pyridine rings is 1. The van der Waals surface area contributed by atoms with Crippen molar-refractivity contribution in [1.82, 2.24) is 4.98 Å². The largest absolute Gasteiger partial charge is 0.373 e. The van der Waals surface area contributed by atoms with Crippen LogP contribution in [-0.2, 0) is 11.2 Å². The summed E-state index contributed by atoms with van der Waals surface area (Å²) in [5.41, 5.74) is 1.36. The molecule has 0 fully saturated rings. The van der Waals surface area contributed by atoms with Gasteiger partial charge in [0, 0.05) is 28.9 Å². The third-order valence-electron chi connectivity index (χ3n) is 2.69. The molecule has 0 atom stereocenters. The molecule has 0 aliphatic carbocycles. The van der Waals surface area contributed by atoms with Gasteiger partial charge < -0.3 is 4.74 Å². The van der Waals surface area contributed by atoms with E-state index in [-0.39, 0.29) is 12.4 Å². The zero-order valence-electron chi connectivity index (χ0n) is 10.7. The van der Waals surface area contributed by atoms with E-state index < -0.39 is 0 Å². The van der Waals surface area contributed by atoms with Crippen LogP contribution < -0.4 is 0 Å². The Labute approximate surface area is 127 Å². The van der Waals surface area contributed by atoms with Crippen LogP contribution in [0.15, 0.2) is 42.6 Å². The van der Waals surface area contributed by atoms with E-state index in [2.05, 4.69) is 4.98 Å². The highest BCUT2D eigenvalue weighted by atomic mass is 35.5. The van der Waals surface area contributed by atoms with E-state index in [1.54, 1.807) is 24.4 Å². The molecular weight excluding hydrogens is 297 g/mol. The van der Waals surface area contributed by atoms with Crippen LogP contribution in [-0.4, -0.2) is 24.0 Å². The highest BCUT2D eigenvalue weighted by molar-refractivity contribution is 6.36. The van der Waals surface area contributed by atoms with Crippen molar-refractivity contribution in [2.24, 2.45) is 0 Å². The van der Waals surface area contributed by atoms with Gasteiger partial charge in [-0.1, -0.05) is 29.3 Å². The highest BCUT2D eigenvalue weighted by Crippen LogP contribution is 2.21. The molecule has 2 rings (SSSR count). The lowest BCUT2D eigenvalue weighted by Crippen LogP contribution is -2.11. The van der Waals surface area contributed by atoms with Crippen LogP contribution in [0.1, 0.15) is 16.1 Å². The van der Waals surface area contributed by atoms with E-state index in [1.807, 2.05) is 18.2 Å². The molecule has 0 aliphatic rings. The molecule has 0 amide bonds. The number of carbonyl (C=O) groups is 1. The molecule has 104 valence electrons. The van der Waals surface area contributed by atoms with Crippen LogP contribution in [0.3, 0.4) is 0 Å². The van der Waals surface area contributed by atoms with Crippen molar-refractivity contribution in [2.75, 3.05) is 13.2 Å². The third kappa shape index (κ3) is 4.30. The van der Waals surface area contributed by atoms with Gasteiger partial charge in [0.2, 0.25) is 0 Å². The fourth-order valence-electron chi connectivity index (χ4n) is 1.68.